The summed E-state index contributed by atoms with van der Waals surface area (Å²) in [5.74, 6) is 0.0567. The van der Waals surface area contributed by atoms with E-state index in [0.717, 1.165) is 104 Å². The number of benzene rings is 2. The zero-order chi connectivity index (χ0) is 45.1. The van der Waals surface area contributed by atoms with E-state index in [1.54, 1.807) is 0 Å². The second kappa shape index (κ2) is 27.4. The first-order valence-electron chi connectivity index (χ1n) is 22.9. The van der Waals surface area contributed by atoms with Crippen LogP contribution in [0.3, 0.4) is 0 Å². The molecule has 0 saturated heterocycles. The standard InChI is InChI=1S/C54H60N12/c1-4-19-61-52(16-1)43-64-28-22-55-37-46-10-7-12-48(34-46)39-57-24-30-65(44-53-17-2-5-20-62-53)32-26-59-41-50-14-9-15-51(36-50)42-60-27-33-66(45-54-18-3-6-21-63-54)31-25-58-40-49-13-8-11-47(35-49)38-56-23-29-64/h1-8,10-21,34-42,50H,22-33,43-45H2. The number of aromatic nitrogens is 3. The van der Waals surface area contributed by atoms with E-state index in [0.29, 0.717) is 39.3 Å². The largest absolute Gasteiger partial charge is 0.295 e. The van der Waals surface area contributed by atoms with Gasteiger partial charge in [-0.05, 0) is 88.5 Å². The number of hydrogen-bond acceptors (Lipinski definition) is 12. The zero-order valence-corrected chi connectivity index (χ0v) is 37.8. The molecule has 3 aromatic heterocycles. The lowest BCUT2D eigenvalue weighted by Crippen LogP contribution is -2.29. The maximum Gasteiger partial charge on any atom is 0.0543 e. The van der Waals surface area contributed by atoms with Crippen LogP contribution in [0.1, 0.15) is 39.3 Å². The summed E-state index contributed by atoms with van der Waals surface area (Å²) < 4.78 is 0. The first-order valence-corrected chi connectivity index (χ1v) is 22.9. The second-order valence-corrected chi connectivity index (χ2v) is 16.1. The predicted molar refractivity (Wildman–Crippen MR) is 272 cm³/mol. The number of rotatable bonds is 6. The molecule has 0 radical (unpaired) electrons. The lowest BCUT2D eigenvalue weighted by molar-refractivity contribution is 0.278. The van der Waals surface area contributed by atoms with Crippen molar-refractivity contribution in [2.24, 2.45) is 35.9 Å². The zero-order valence-electron chi connectivity index (χ0n) is 37.8. The fourth-order valence-corrected chi connectivity index (χ4v) is 7.39. The van der Waals surface area contributed by atoms with E-state index in [1.807, 2.05) is 104 Å². The highest BCUT2D eigenvalue weighted by Crippen LogP contribution is 2.10. The minimum atomic E-state index is 0.0567. The van der Waals surface area contributed by atoms with Crippen molar-refractivity contribution in [2.75, 3.05) is 78.5 Å². The van der Waals surface area contributed by atoms with Gasteiger partial charge >= 0.3 is 0 Å². The summed E-state index contributed by atoms with van der Waals surface area (Å²) >= 11 is 0. The Labute approximate surface area is 390 Å². The van der Waals surface area contributed by atoms with Crippen LogP contribution in [0.15, 0.2) is 181 Å². The SMILES string of the molecule is C1=CC2=CC(C=1)C=NCCN(Cc1ccccn1)CCN=Cc1cccc(c1)C=NCCN(Cc1ccccn1)CCN=Cc1cccc(c1)C=NCCN(Cc1ccccn1)CCN=C2. The molecule has 1 unspecified atom stereocenters. The fourth-order valence-electron chi connectivity index (χ4n) is 7.39. The molecule has 12 nitrogen and oxygen atoms in total. The van der Waals surface area contributed by atoms with E-state index < -0.39 is 0 Å². The Morgan fingerprint density at radius 1 is 0.424 bits per heavy atom. The highest BCUT2D eigenvalue weighted by Gasteiger charge is 2.10. The summed E-state index contributed by atoms with van der Waals surface area (Å²) in [6, 6.07) is 34.8. The third-order valence-corrected chi connectivity index (χ3v) is 10.8. The van der Waals surface area contributed by atoms with Gasteiger partial charge in [-0.1, -0.05) is 60.7 Å². The maximum atomic E-state index is 4.84. The summed E-state index contributed by atoms with van der Waals surface area (Å²) in [5.41, 5.74) is 11.6. The van der Waals surface area contributed by atoms with Gasteiger partial charge in [0.2, 0.25) is 0 Å². The number of allylic oxidation sites excluding steroid dienone is 3. The van der Waals surface area contributed by atoms with Gasteiger partial charge in [0, 0.05) is 121 Å². The van der Waals surface area contributed by atoms with E-state index in [9.17, 15) is 0 Å². The molecule has 4 heterocycles. The van der Waals surface area contributed by atoms with E-state index >= 15 is 0 Å². The minimum absolute atomic E-state index is 0.0567. The van der Waals surface area contributed by atoms with Crippen LogP contribution in [0.25, 0.3) is 0 Å². The second-order valence-electron chi connectivity index (χ2n) is 16.1. The van der Waals surface area contributed by atoms with Crippen LogP contribution >= 0.6 is 0 Å². The molecular weight excluding hydrogens is 817 g/mol. The van der Waals surface area contributed by atoms with E-state index in [-0.39, 0.29) is 5.92 Å². The number of nitrogens with zero attached hydrogens (tertiary/aromatic N) is 12. The van der Waals surface area contributed by atoms with E-state index in [1.165, 1.54) is 0 Å². The highest BCUT2D eigenvalue weighted by molar-refractivity contribution is 5.87. The van der Waals surface area contributed by atoms with Crippen molar-refractivity contribution in [3.63, 3.8) is 0 Å². The molecule has 1 aliphatic carbocycles. The molecule has 0 N–H and O–H groups in total. The molecule has 66 heavy (non-hydrogen) atoms. The van der Waals surface area contributed by atoms with Crippen LogP contribution < -0.4 is 0 Å². The Kier molecular flexibility index (Phi) is 19.5. The average molecular weight is 877 g/mol. The van der Waals surface area contributed by atoms with Crippen LogP contribution in [0.2, 0.25) is 0 Å². The number of aliphatic imine (C=N–C) groups is 6. The summed E-state index contributed by atoms with van der Waals surface area (Å²) in [5, 5.41) is 0. The van der Waals surface area contributed by atoms with E-state index in [2.05, 4.69) is 108 Å². The summed E-state index contributed by atoms with van der Waals surface area (Å²) in [6.07, 6.45) is 23.5. The van der Waals surface area contributed by atoms with Crippen molar-refractivity contribution in [3.8, 4) is 0 Å². The van der Waals surface area contributed by atoms with Gasteiger partial charge in [-0.25, -0.2) is 0 Å². The van der Waals surface area contributed by atoms with Crippen molar-refractivity contribution in [2.45, 2.75) is 19.6 Å². The van der Waals surface area contributed by atoms with Crippen molar-refractivity contribution < 1.29 is 0 Å². The van der Waals surface area contributed by atoms with Crippen LogP contribution in [0.4, 0.5) is 0 Å². The number of pyridine rings is 3. The molecule has 1 atom stereocenters. The first-order chi connectivity index (χ1) is 32.7. The van der Waals surface area contributed by atoms with Crippen LogP contribution in [-0.2, 0) is 19.6 Å². The van der Waals surface area contributed by atoms with Crippen molar-refractivity contribution in [1.29, 1.82) is 0 Å². The molecule has 0 amide bonds. The smallest absolute Gasteiger partial charge is 0.0543 e. The highest BCUT2D eigenvalue weighted by atomic mass is 15.2. The molecular formula is C54H60N12. The number of hydrogen-bond donors (Lipinski definition) is 0. The lowest BCUT2D eigenvalue weighted by Gasteiger charge is -2.20. The van der Waals surface area contributed by atoms with Gasteiger partial charge in [0.15, 0.2) is 0 Å². The minimum Gasteiger partial charge on any atom is -0.295 e. The third-order valence-electron chi connectivity index (χ3n) is 10.8. The van der Waals surface area contributed by atoms with Crippen LogP contribution in [0, 0.1) is 5.92 Å². The van der Waals surface area contributed by atoms with Crippen molar-refractivity contribution >= 4 is 37.3 Å². The lowest BCUT2D eigenvalue weighted by atomic mass is 10.0. The Balaban J connectivity index is 1.04. The van der Waals surface area contributed by atoms with Gasteiger partial charge < -0.3 is 0 Å². The Morgan fingerprint density at radius 3 is 1.18 bits per heavy atom. The van der Waals surface area contributed by atoms with Gasteiger partial charge in [-0.15, -0.1) is 5.73 Å². The Morgan fingerprint density at radius 2 is 0.803 bits per heavy atom. The molecule has 0 spiro atoms. The predicted octanol–water partition coefficient (Wildman–Crippen LogP) is 7.18. The van der Waals surface area contributed by atoms with Crippen molar-refractivity contribution in [3.05, 3.63) is 191 Å². The summed E-state index contributed by atoms with van der Waals surface area (Å²) in [7, 11) is 0. The molecule has 2 aromatic carbocycles. The molecule has 6 bridgehead atoms. The van der Waals surface area contributed by atoms with Crippen LogP contribution in [-0.4, -0.2) is 145 Å². The topological polar surface area (TPSA) is 123 Å². The van der Waals surface area contributed by atoms with Gasteiger partial charge in [0.1, 0.15) is 0 Å². The molecule has 5 aromatic rings. The van der Waals surface area contributed by atoms with Gasteiger partial charge in [0.05, 0.1) is 56.4 Å². The maximum absolute atomic E-state index is 4.84. The summed E-state index contributed by atoms with van der Waals surface area (Å²) in [4.78, 5) is 49.8. The van der Waals surface area contributed by atoms with Crippen LogP contribution in [0.5, 0.6) is 0 Å². The third kappa shape index (κ3) is 17.6. The molecule has 12 heteroatoms. The van der Waals surface area contributed by atoms with Crippen molar-refractivity contribution in [1.82, 2.24) is 29.7 Å². The average Bonchev–Trinajstić information content (AvgIpc) is 3.35. The number of fused-ring (bicyclic) bond motifs is 5. The molecule has 336 valence electrons. The summed E-state index contributed by atoms with van der Waals surface area (Å²) in [6.45, 7) is 10.9. The first kappa shape index (κ1) is 47.0. The van der Waals surface area contributed by atoms with Gasteiger partial charge in [-0.3, -0.25) is 59.6 Å². The Bertz CT molecular complexity index is 2490. The van der Waals surface area contributed by atoms with E-state index in [4.69, 9.17) is 30.0 Å². The van der Waals surface area contributed by atoms with Gasteiger partial charge in [0.25, 0.3) is 0 Å². The molecule has 2 aliphatic rings. The fraction of sp³-hybridized carbons (Fsp3) is 0.296. The molecule has 7 rings (SSSR count). The monoisotopic (exact) mass is 877 g/mol. The quantitative estimate of drug-likeness (QED) is 0.167. The molecule has 0 saturated carbocycles. The van der Waals surface area contributed by atoms with Gasteiger partial charge in [-0.2, -0.15) is 0 Å². The normalized spacial score (nSPS) is 18.0. The molecule has 1 aliphatic heterocycles. The Hall–Kier alpha value is -6.95. The molecule has 0 fully saturated rings.